The molecule has 1 saturated carbocycles. The normalized spacial score (nSPS) is 15.2. The van der Waals surface area contributed by atoms with E-state index in [4.69, 9.17) is 0 Å². The monoisotopic (exact) mass is 318 g/mol. The lowest BCUT2D eigenvalue weighted by atomic mass is 10.0. The third-order valence-electron chi connectivity index (χ3n) is 4.10. The van der Waals surface area contributed by atoms with Crippen LogP contribution < -0.4 is 5.32 Å². The molecule has 0 heterocycles. The summed E-state index contributed by atoms with van der Waals surface area (Å²) in [6.07, 6.45) is 3.96. The number of amides is 1. The Bertz CT molecular complexity index is 769. The van der Waals surface area contributed by atoms with Gasteiger partial charge in [0.2, 0.25) is 5.91 Å². The zero-order chi connectivity index (χ0) is 16.9. The van der Waals surface area contributed by atoms with Crippen molar-refractivity contribution in [3.8, 4) is 11.1 Å². The van der Waals surface area contributed by atoms with Crippen LogP contribution in [0.1, 0.15) is 32.3 Å². The number of aliphatic imine (C=N–C) groups is 1. The van der Waals surface area contributed by atoms with Gasteiger partial charge in [0.15, 0.2) is 0 Å². The van der Waals surface area contributed by atoms with E-state index in [2.05, 4.69) is 46.7 Å². The van der Waals surface area contributed by atoms with Crippen molar-refractivity contribution in [3.63, 3.8) is 0 Å². The average Bonchev–Trinajstić information content (AvgIpc) is 3.46. The highest BCUT2D eigenvalue weighted by molar-refractivity contribution is 6.00. The van der Waals surface area contributed by atoms with E-state index >= 15 is 0 Å². The Morgan fingerprint density at radius 1 is 1.04 bits per heavy atom. The lowest BCUT2D eigenvalue weighted by Gasteiger charge is -2.08. The Morgan fingerprint density at radius 3 is 2.25 bits per heavy atom. The van der Waals surface area contributed by atoms with E-state index in [0.29, 0.717) is 5.84 Å². The van der Waals surface area contributed by atoms with Crippen LogP contribution in [0.25, 0.3) is 16.8 Å². The summed E-state index contributed by atoms with van der Waals surface area (Å²) >= 11 is 0. The summed E-state index contributed by atoms with van der Waals surface area (Å²) in [5, 5.41) is 2.88. The van der Waals surface area contributed by atoms with Gasteiger partial charge in [-0.2, -0.15) is 0 Å². The number of hydrogen-bond acceptors (Lipinski definition) is 2. The van der Waals surface area contributed by atoms with Crippen molar-refractivity contribution >= 4 is 17.4 Å². The van der Waals surface area contributed by atoms with Gasteiger partial charge in [-0.3, -0.25) is 4.79 Å². The average molecular weight is 318 g/mol. The third kappa shape index (κ3) is 3.99. The number of amidine groups is 1. The molecule has 0 aromatic heterocycles. The Labute approximate surface area is 143 Å². The highest BCUT2D eigenvalue weighted by atomic mass is 16.2. The van der Waals surface area contributed by atoms with Crippen molar-refractivity contribution in [2.75, 3.05) is 0 Å². The van der Waals surface area contributed by atoms with Crippen LogP contribution in [0.2, 0.25) is 0 Å². The highest BCUT2D eigenvalue weighted by Gasteiger charge is 2.29. The molecule has 0 bridgehead atoms. The van der Waals surface area contributed by atoms with Crippen molar-refractivity contribution in [1.82, 2.24) is 5.32 Å². The first-order valence-corrected chi connectivity index (χ1v) is 8.35. The summed E-state index contributed by atoms with van der Waals surface area (Å²) in [4.78, 5) is 16.4. The van der Waals surface area contributed by atoms with Crippen LogP contribution in [0.3, 0.4) is 0 Å². The number of rotatable bonds is 4. The molecule has 1 amide bonds. The van der Waals surface area contributed by atoms with Crippen molar-refractivity contribution < 1.29 is 4.79 Å². The number of carbonyl (C=O) groups is 1. The van der Waals surface area contributed by atoms with E-state index in [9.17, 15) is 4.79 Å². The molecule has 0 saturated heterocycles. The topological polar surface area (TPSA) is 41.5 Å². The van der Waals surface area contributed by atoms with Crippen molar-refractivity contribution in [2.24, 2.45) is 10.9 Å². The summed E-state index contributed by atoms with van der Waals surface area (Å²) in [6, 6.07) is 18.6. The molecule has 3 nitrogen and oxygen atoms in total. The number of allylic oxidation sites excluding steroid dienone is 1. The SMILES string of the molecule is C/C=C(\N=C(/C)NC(=O)C1CC1)c1ccc(-c2ccccc2)cc1. The maximum absolute atomic E-state index is 11.8. The fourth-order valence-corrected chi connectivity index (χ4v) is 2.59. The highest BCUT2D eigenvalue weighted by Crippen LogP contribution is 2.29. The van der Waals surface area contributed by atoms with Gasteiger partial charge in [0.25, 0.3) is 0 Å². The van der Waals surface area contributed by atoms with Crippen LogP contribution in [0.15, 0.2) is 65.7 Å². The second-order valence-corrected chi connectivity index (χ2v) is 6.08. The Kier molecular flexibility index (Phi) is 4.90. The van der Waals surface area contributed by atoms with Gasteiger partial charge in [-0.05, 0) is 43.4 Å². The molecule has 1 fully saturated rings. The second kappa shape index (κ2) is 7.26. The zero-order valence-electron chi connectivity index (χ0n) is 14.1. The van der Waals surface area contributed by atoms with Crippen molar-refractivity contribution in [3.05, 3.63) is 66.2 Å². The van der Waals surface area contributed by atoms with E-state index in [1.165, 1.54) is 11.1 Å². The number of nitrogens with one attached hydrogen (secondary N) is 1. The molecule has 0 unspecified atom stereocenters. The fraction of sp³-hybridized carbons (Fsp3) is 0.238. The second-order valence-electron chi connectivity index (χ2n) is 6.08. The maximum Gasteiger partial charge on any atom is 0.228 e. The first-order chi connectivity index (χ1) is 11.7. The van der Waals surface area contributed by atoms with E-state index < -0.39 is 0 Å². The first-order valence-electron chi connectivity index (χ1n) is 8.35. The summed E-state index contributed by atoms with van der Waals surface area (Å²) < 4.78 is 0. The molecule has 0 radical (unpaired) electrons. The molecule has 1 aliphatic carbocycles. The summed E-state index contributed by atoms with van der Waals surface area (Å²) in [7, 11) is 0. The number of benzene rings is 2. The van der Waals surface area contributed by atoms with Crippen LogP contribution in [-0.2, 0) is 4.79 Å². The number of carbonyl (C=O) groups excluding carboxylic acids is 1. The first kappa shape index (κ1) is 16.2. The van der Waals surface area contributed by atoms with Gasteiger partial charge >= 0.3 is 0 Å². The molecule has 24 heavy (non-hydrogen) atoms. The smallest absolute Gasteiger partial charge is 0.228 e. The Balaban J connectivity index is 1.75. The fourth-order valence-electron chi connectivity index (χ4n) is 2.59. The van der Waals surface area contributed by atoms with E-state index in [1.807, 2.05) is 38.1 Å². The van der Waals surface area contributed by atoms with E-state index in [0.717, 1.165) is 24.1 Å². The summed E-state index contributed by atoms with van der Waals surface area (Å²) in [6.45, 7) is 3.79. The van der Waals surface area contributed by atoms with Gasteiger partial charge < -0.3 is 5.32 Å². The van der Waals surface area contributed by atoms with Crippen LogP contribution in [0, 0.1) is 5.92 Å². The van der Waals surface area contributed by atoms with E-state index in [1.54, 1.807) is 0 Å². The number of hydrogen-bond donors (Lipinski definition) is 1. The minimum Gasteiger partial charge on any atom is -0.314 e. The summed E-state index contributed by atoms with van der Waals surface area (Å²) in [5.41, 5.74) is 4.28. The third-order valence-corrected chi connectivity index (χ3v) is 4.10. The lowest BCUT2D eigenvalue weighted by molar-refractivity contribution is -0.120. The van der Waals surface area contributed by atoms with Crippen LogP contribution in [0.4, 0.5) is 0 Å². The maximum atomic E-state index is 11.8. The molecule has 1 aliphatic rings. The largest absolute Gasteiger partial charge is 0.314 e. The summed E-state index contributed by atoms with van der Waals surface area (Å²) in [5.74, 6) is 0.924. The standard InChI is InChI=1S/C21H22N2O/c1-3-20(22-15(2)23-21(24)19-13-14-19)18-11-9-17(10-12-18)16-7-5-4-6-8-16/h3-12,19H,13-14H2,1-2H3,(H,22,23,24)/b20-3-. The molecule has 0 aliphatic heterocycles. The molecule has 2 aromatic carbocycles. The van der Waals surface area contributed by atoms with Crippen LogP contribution in [0.5, 0.6) is 0 Å². The van der Waals surface area contributed by atoms with Gasteiger partial charge in [0.05, 0.1) is 5.70 Å². The molecular formula is C21H22N2O. The lowest BCUT2D eigenvalue weighted by Crippen LogP contribution is -2.29. The molecule has 3 heteroatoms. The molecule has 1 N–H and O–H groups in total. The minimum absolute atomic E-state index is 0.0890. The minimum atomic E-state index is 0.0890. The quantitative estimate of drug-likeness (QED) is 0.646. The van der Waals surface area contributed by atoms with Crippen LogP contribution in [-0.4, -0.2) is 11.7 Å². The molecule has 0 spiro atoms. The molecule has 3 rings (SSSR count). The van der Waals surface area contributed by atoms with Gasteiger partial charge in [-0.25, -0.2) is 4.99 Å². The Morgan fingerprint density at radius 2 is 1.67 bits per heavy atom. The van der Waals surface area contributed by atoms with Crippen molar-refractivity contribution in [1.29, 1.82) is 0 Å². The Hall–Kier alpha value is -2.68. The molecule has 122 valence electrons. The van der Waals surface area contributed by atoms with Gasteiger partial charge in [-0.15, -0.1) is 0 Å². The number of nitrogens with zero attached hydrogens (tertiary/aromatic N) is 1. The molecular weight excluding hydrogens is 296 g/mol. The van der Waals surface area contributed by atoms with Gasteiger partial charge in [-0.1, -0.05) is 60.7 Å². The predicted molar refractivity (Wildman–Crippen MR) is 99.5 cm³/mol. The predicted octanol–water partition coefficient (Wildman–Crippen LogP) is 4.66. The molecule has 0 atom stereocenters. The van der Waals surface area contributed by atoms with Crippen molar-refractivity contribution in [2.45, 2.75) is 26.7 Å². The van der Waals surface area contributed by atoms with Crippen LogP contribution >= 0.6 is 0 Å². The van der Waals surface area contributed by atoms with E-state index in [-0.39, 0.29) is 11.8 Å². The van der Waals surface area contributed by atoms with Gasteiger partial charge in [0, 0.05) is 5.92 Å². The molecule has 2 aromatic rings. The van der Waals surface area contributed by atoms with Gasteiger partial charge in [0.1, 0.15) is 5.84 Å². The zero-order valence-corrected chi connectivity index (χ0v) is 14.1.